The zero-order chi connectivity index (χ0) is 17.2. The number of H-pyrrole nitrogens is 1. The van der Waals surface area contributed by atoms with Gasteiger partial charge < -0.3 is 10.3 Å². The molecule has 0 aliphatic rings. The summed E-state index contributed by atoms with van der Waals surface area (Å²) in [5, 5.41) is 4.59. The molecule has 4 rings (SSSR count). The standard InChI is InChI=1S/C21H18FN3/c1-14-20(17-9-2-3-10-18(17)24-14)21(19-11-4-5-12-23-19)25-16-8-6-7-15(22)13-16/h2-13,21,24-25H,1H3. The van der Waals surface area contributed by atoms with Gasteiger partial charge in [0.1, 0.15) is 5.82 Å². The molecule has 0 amide bonds. The summed E-state index contributed by atoms with van der Waals surface area (Å²) < 4.78 is 13.6. The van der Waals surface area contributed by atoms with Crippen molar-refractivity contribution in [2.24, 2.45) is 0 Å². The van der Waals surface area contributed by atoms with E-state index >= 15 is 0 Å². The highest BCUT2D eigenvalue weighted by Gasteiger charge is 2.21. The molecule has 2 aromatic heterocycles. The number of anilines is 1. The smallest absolute Gasteiger partial charge is 0.125 e. The number of nitrogens with zero attached hydrogens (tertiary/aromatic N) is 1. The predicted molar refractivity (Wildman–Crippen MR) is 99.1 cm³/mol. The summed E-state index contributed by atoms with van der Waals surface area (Å²) in [5.74, 6) is -0.264. The van der Waals surface area contributed by atoms with Crippen LogP contribution in [0.2, 0.25) is 0 Å². The molecule has 2 heterocycles. The third-order valence-corrected chi connectivity index (χ3v) is 4.35. The number of rotatable bonds is 4. The van der Waals surface area contributed by atoms with Crippen LogP contribution in [0.25, 0.3) is 10.9 Å². The molecule has 0 aliphatic heterocycles. The Bertz CT molecular complexity index is 1010. The van der Waals surface area contributed by atoms with Crippen LogP contribution < -0.4 is 5.32 Å². The molecule has 3 nitrogen and oxygen atoms in total. The molecular weight excluding hydrogens is 313 g/mol. The predicted octanol–water partition coefficient (Wildman–Crippen LogP) is 5.21. The number of aromatic nitrogens is 2. The first-order chi connectivity index (χ1) is 12.2. The monoisotopic (exact) mass is 331 g/mol. The summed E-state index contributed by atoms with van der Waals surface area (Å²) in [6, 6.07) is 20.4. The molecule has 25 heavy (non-hydrogen) atoms. The van der Waals surface area contributed by atoms with Gasteiger partial charge in [-0.05, 0) is 43.3 Å². The Morgan fingerprint density at radius 1 is 1.00 bits per heavy atom. The molecular formula is C21H18FN3. The van der Waals surface area contributed by atoms with Gasteiger partial charge in [0, 0.05) is 34.0 Å². The number of fused-ring (bicyclic) bond motifs is 1. The lowest BCUT2D eigenvalue weighted by molar-refractivity contribution is 0.628. The summed E-state index contributed by atoms with van der Waals surface area (Å²) in [5.41, 5.74) is 4.89. The molecule has 0 spiro atoms. The molecule has 0 fully saturated rings. The second kappa shape index (κ2) is 6.40. The van der Waals surface area contributed by atoms with E-state index in [1.165, 1.54) is 12.1 Å². The van der Waals surface area contributed by atoms with Crippen LogP contribution in [0.4, 0.5) is 10.1 Å². The number of nitrogens with one attached hydrogen (secondary N) is 2. The van der Waals surface area contributed by atoms with E-state index in [9.17, 15) is 4.39 Å². The van der Waals surface area contributed by atoms with Gasteiger partial charge in [-0.3, -0.25) is 4.98 Å². The topological polar surface area (TPSA) is 40.7 Å². The first-order valence-corrected chi connectivity index (χ1v) is 8.22. The Hall–Kier alpha value is -3.14. The van der Waals surface area contributed by atoms with E-state index < -0.39 is 0 Å². The second-order valence-electron chi connectivity index (χ2n) is 6.05. The number of halogens is 1. The normalized spacial score (nSPS) is 12.2. The minimum absolute atomic E-state index is 0.181. The minimum atomic E-state index is -0.264. The summed E-state index contributed by atoms with van der Waals surface area (Å²) in [4.78, 5) is 7.96. The van der Waals surface area contributed by atoms with Crippen molar-refractivity contribution >= 4 is 16.6 Å². The van der Waals surface area contributed by atoms with Gasteiger partial charge in [-0.2, -0.15) is 0 Å². The van der Waals surface area contributed by atoms with E-state index in [0.717, 1.165) is 33.5 Å². The van der Waals surface area contributed by atoms with Crippen molar-refractivity contribution in [2.75, 3.05) is 5.32 Å². The fourth-order valence-electron chi connectivity index (χ4n) is 3.26. The number of aromatic amines is 1. The first-order valence-electron chi connectivity index (χ1n) is 8.22. The van der Waals surface area contributed by atoms with E-state index in [4.69, 9.17) is 0 Å². The Kier molecular flexibility index (Phi) is 3.94. The van der Waals surface area contributed by atoms with Gasteiger partial charge in [0.2, 0.25) is 0 Å². The Balaban J connectivity index is 1.87. The second-order valence-corrected chi connectivity index (χ2v) is 6.05. The van der Waals surface area contributed by atoms with E-state index in [1.54, 1.807) is 12.3 Å². The zero-order valence-electron chi connectivity index (χ0n) is 13.8. The van der Waals surface area contributed by atoms with Gasteiger partial charge in [0.05, 0.1) is 11.7 Å². The molecule has 124 valence electrons. The number of hydrogen-bond acceptors (Lipinski definition) is 2. The zero-order valence-corrected chi connectivity index (χ0v) is 13.8. The quantitative estimate of drug-likeness (QED) is 0.539. The van der Waals surface area contributed by atoms with Crippen LogP contribution in [0.15, 0.2) is 72.9 Å². The van der Waals surface area contributed by atoms with Gasteiger partial charge in [-0.25, -0.2) is 4.39 Å². The molecule has 2 N–H and O–H groups in total. The summed E-state index contributed by atoms with van der Waals surface area (Å²) in [6.45, 7) is 2.05. The largest absolute Gasteiger partial charge is 0.373 e. The maximum atomic E-state index is 13.6. The summed E-state index contributed by atoms with van der Waals surface area (Å²) >= 11 is 0. The van der Waals surface area contributed by atoms with Crippen molar-refractivity contribution in [3.63, 3.8) is 0 Å². The van der Waals surface area contributed by atoms with E-state index in [1.807, 2.05) is 36.4 Å². The van der Waals surface area contributed by atoms with Crippen LogP contribution in [0.5, 0.6) is 0 Å². The number of pyridine rings is 1. The van der Waals surface area contributed by atoms with Crippen LogP contribution in [0.3, 0.4) is 0 Å². The van der Waals surface area contributed by atoms with Crippen molar-refractivity contribution in [3.8, 4) is 0 Å². The number of hydrogen-bond donors (Lipinski definition) is 2. The minimum Gasteiger partial charge on any atom is -0.373 e. The van der Waals surface area contributed by atoms with Crippen LogP contribution in [0, 0.1) is 12.7 Å². The summed E-state index contributed by atoms with van der Waals surface area (Å²) in [6.07, 6.45) is 1.78. The average molecular weight is 331 g/mol. The van der Waals surface area contributed by atoms with E-state index in [0.29, 0.717) is 0 Å². The van der Waals surface area contributed by atoms with Crippen molar-refractivity contribution in [2.45, 2.75) is 13.0 Å². The SMILES string of the molecule is Cc1[nH]c2ccccc2c1C(Nc1cccc(F)c1)c1ccccn1. The third kappa shape index (κ3) is 2.98. The maximum Gasteiger partial charge on any atom is 0.125 e. The fourth-order valence-corrected chi connectivity index (χ4v) is 3.26. The molecule has 4 aromatic rings. The van der Waals surface area contributed by atoms with Gasteiger partial charge in [-0.15, -0.1) is 0 Å². The lowest BCUT2D eigenvalue weighted by atomic mass is 9.99. The molecule has 1 atom stereocenters. The van der Waals surface area contributed by atoms with Gasteiger partial charge in [-0.1, -0.05) is 30.3 Å². The highest BCUT2D eigenvalue weighted by atomic mass is 19.1. The molecule has 0 bridgehead atoms. The number of para-hydroxylation sites is 1. The molecule has 0 saturated heterocycles. The summed E-state index contributed by atoms with van der Waals surface area (Å²) in [7, 11) is 0. The molecule has 0 saturated carbocycles. The van der Waals surface area contributed by atoms with Gasteiger partial charge in [0.15, 0.2) is 0 Å². The Morgan fingerprint density at radius 2 is 1.84 bits per heavy atom. The fraction of sp³-hybridized carbons (Fsp3) is 0.0952. The van der Waals surface area contributed by atoms with Crippen LogP contribution in [0.1, 0.15) is 23.0 Å². The first kappa shape index (κ1) is 15.4. The Labute approximate surface area is 145 Å². The lowest BCUT2D eigenvalue weighted by Gasteiger charge is -2.20. The molecule has 2 aromatic carbocycles. The third-order valence-electron chi connectivity index (χ3n) is 4.35. The highest BCUT2D eigenvalue weighted by Crippen LogP contribution is 2.33. The van der Waals surface area contributed by atoms with Crippen molar-refractivity contribution in [1.82, 2.24) is 9.97 Å². The highest BCUT2D eigenvalue weighted by molar-refractivity contribution is 5.86. The van der Waals surface area contributed by atoms with Crippen molar-refractivity contribution in [3.05, 3.63) is 95.7 Å². The molecule has 0 aliphatic carbocycles. The van der Waals surface area contributed by atoms with Gasteiger partial charge in [0.25, 0.3) is 0 Å². The maximum absolute atomic E-state index is 13.6. The van der Waals surface area contributed by atoms with E-state index in [-0.39, 0.29) is 11.9 Å². The Morgan fingerprint density at radius 3 is 2.64 bits per heavy atom. The molecule has 1 unspecified atom stereocenters. The van der Waals surface area contributed by atoms with Gasteiger partial charge >= 0.3 is 0 Å². The molecule has 4 heteroatoms. The average Bonchev–Trinajstić information content (AvgIpc) is 2.96. The number of aryl methyl sites for hydroxylation is 1. The van der Waals surface area contributed by atoms with E-state index in [2.05, 4.69) is 34.3 Å². The lowest BCUT2D eigenvalue weighted by Crippen LogP contribution is -2.14. The van der Waals surface area contributed by atoms with Crippen LogP contribution in [-0.2, 0) is 0 Å². The van der Waals surface area contributed by atoms with Crippen LogP contribution >= 0.6 is 0 Å². The van der Waals surface area contributed by atoms with Crippen LogP contribution in [-0.4, -0.2) is 9.97 Å². The van der Waals surface area contributed by atoms with Crippen molar-refractivity contribution < 1.29 is 4.39 Å². The van der Waals surface area contributed by atoms with Crippen molar-refractivity contribution in [1.29, 1.82) is 0 Å². The molecule has 0 radical (unpaired) electrons. The number of benzene rings is 2.